The Morgan fingerprint density at radius 1 is 1.06 bits per heavy atom. The molecular formula is C13H10N4S. The van der Waals surface area contributed by atoms with Gasteiger partial charge in [-0.15, -0.1) is 11.3 Å². The van der Waals surface area contributed by atoms with Crippen LogP contribution in [0.4, 0.5) is 0 Å². The zero-order valence-corrected chi connectivity index (χ0v) is 10.3. The van der Waals surface area contributed by atoms with E-state index in [0.29, 0.717) is 0 Å². The molecule has 0 saturated heterocycles. The van der Waals surface area contributed by atoms with E-state index < -0.39 is 0 Å². The molecule has 0 fully saturated rings. The van der Waals surface area contributed by atoms with Crippen LogP contribution in [0.15, 0.2) is 48.2 Å². The monoisotopic (exact) mass is 254 g/mol. The van der Waals surface area contributed by atoms with Gasteiger partial charge in [-0.25, -0.2) is 14.6 Å². The largest absolute Gasteiger partial charge is 0.245 e. The van der Waals surface area contributed by atoms with Gasteiger partial charge in [-0.3, -0.25) is 0 Å². The third-order valence-corrected chi connectivity index (χ3v) is 3.14. The molecule has 88 valence electrons. The maximum absolute atomic E-state index is 4.23. The van der Waals surface area contributed by atoms with Gasteiger partial charge in [0.2, 0.25) is 0 Å². The number of para-hydroxylation sites is 1. The molecule has 0 amide bonds. The van der Waals surface area contributed by atoms with Crippen LogP contribution in [-0.4, -0.2) is 19.7 Å². The van der Waals surface area contributed by atoms with E-state index in [0.717, 1.165) is 16.5 Å². The van der Waals surface area contributed by atoms with Crippen LogP contribution in [0.3, 0.4) is 0 Å². The maximum atomic E-state index is 4.23. The third kappa shape index (κ3) is 2.21. The summed E-state index contributed by atoms with van der Waals surface area (Å²) in [4.78, 5) is 8.43. The number of benzene rings is 1. The Kier molecular flexibility index (Phi) is 2.97. The highest BCUT2D eigenvalue weighted by atomic mass is 32.1. The maximum Gasteiger partial charge on any atom is 0.156 e. The van der Waals surface area contributed by atoms with Crippen molar-refractivity contribution in [1.29, 1.82) is 0 Å². The molecule has 0 aliphatic heterocycles. The zero-order valence-electron chi connectivity index (χ0n) is 9.47. The van der Waals surface area contributed by atoms with Crippen molar-refractivity contribution >= 4 is 23.5 Å². The summed E-state index contributed by atoms with van der Waals surface area (Å²) in [7, 11) is 0. The van der Waals surface area contributed by atoms with Crippen LogP contribution >= 0.6 is 11.3 Å². The molecule has 2 heterocycles. The topological polar surface area (TPSA) is 43.6 Å². The summed E-state index contributed by atoms with van der Waals surface area (Å²) < 4.78 is 1.80. The second-order valence-corrected chi connectivity index (χ2v) is 4.50. The lowest BCUT2D eigenvalue weighted by Gasteiger charge is -2.01. The molecule has 0 radical (unpaired) electrons. The van der Waals surface area contributed by atoms with Gasteiger partial charge >= 0.3 is 0 Å². The molecule has 2 aromatic heterocycles. The van der Waals surface area contributed by atoms with E-state index in [1.165, 1.54) is 0 Å². The standard InChI is InChI=1S/C13H10N4S/c1-2-4-11(5-3-1)17-12(15-10-16-17)6-7-13-14-8-9-18-13/h1-10H/b7-6+. The van der Waals surface area contributed by atoms with E-state index in [4.69, 9.17) is 0 Å². The average molecular weight is 254 g/mol. The normalized spacial score (nSPS) is 11.1. The van der Waals surface area contributed by atoms with E-state index in [-0.39, 0.29) is 0 Å². The van der Waals surface area contributed by atoms with Gasteiger partial charge in [0.05, 0.1) is 5.69 Å². The molecule has 3 aromatic rings. The van der Waals surface area contributed by atoms with Gasteiger partial charge in [0.15, 0.2) is 5.82 Å². The quantitative estimate of drug-likeness (QED) is 0.721. The van der Waals surface area contributed by atoms with E-state index >= 15 is 0 Å². The predicted molar refractivity (Wildman–Crippen MR) is 72.4 cm³/mol. The molecule has 0 bridgehead atoms. The van der Waals surface area contributed by atoms with Gasteiger partial charge in [-0.05, 0) is 24.3 Å². The van der Waals surface area contributed by atoms with Crippen LogP contribution in [0.1, 0.15) is 10.8 Å². The molecule has 0 unspecified atom stereocenters. The molecular weight excluding hydrogens is 244 g/mol. The summed E-state index contributed by atoms with van der Waals surface area (Å²) in [6.07, 6.45) is 7.19. The minimum absolute atomic E-state index is 0.788. The van der Waals surface area contributed by atoms with Crippen molar-refractivity contribution in [2.75, 3.05) is 0 Å². The molecule has 0 spiro atoms. The van der Waals surface area contributed by atoms with E-state index in [1.807, 2.05) is 47.9 Å². The Balaban J connectivity index is 1.93. The number of thiazole rings is 1. The summed E-state index contributed by atoms with van der Waals surface area (Å²) in [5.74, 6) is 0.788. The van der Waals surface area contributed by atoms with E-state index in [9.17, 15) is 0 Å². The average Bonchev–Trinajstić information content (AvgIpc) is 3.09. The Morgan fingerprint density at radius 3 is 2.72 bits per heavy atom. The molecule has 0 aliphatic rings. The fourth-order valence-corrected chi connectivity index (χ4v) is 2.12. The molecule has 4 nitrogen and oxygen atoms in total. The number of aromatic nitrogens is 4. The van der Waals surface area contributed by atoms with Gasteiger partial charge in [-0.2, -0.15) is 5.10 Å². The summed E-state index contributed by atoms with van der Waals surface area (Å²) >= 11 is 1.59. The fraction of sp³-hybridized carbons (Fsp3) is 0. The molecule has 3 rings (SSSR count). The van der Waals surface area contributed by atoms with Crippen molar-refractivity contribution in [1.82, 2.24) is 19.7 Å². The summed E-state index contributed by atoms with van der Waals surface area (Å²) in [5, 5.41) is 7.13. The highest BCUT2D eigenvalue weighted by Crippen LogP contribution is 2.12. The van der Waals surface area contributed by atoms with E-state index in [2.05, 4.69) is 15.1 Å². The van der Waals surface area contributed by atoms with Gasteiger partial charge in [0, 0.05) is 11.6 Å². The van der Waals surface area contributed by atoms with Crippen LogP contribution in [0.25, 0.3) is 17.8 Å². The van der Waals surface area contributed by atoms with Crippen LogP contribution in [0.2, 0.25) is 0 Å². The highest BCUT2D eigenvalue weighted by Gasteiger charge is 2.02. The van der Waals surface area contributed by atoms with Gasteiger partial charge < -0.3 is 0 Å². The Hall–Kier alpha value is -2.27. The first-order valence-corrected chi connectivity index (χ1v) is 6.34. The molecule has 0 N–H and O–H groups in total. The van der Waals surface area contributed by atoms with Gasteiger partial charge in [0.1, 0.15) is 11.3 Å². The number of nitrogens with zero attached hydrogens (tertiary/aromatic N) is 4. The summed E-state index contributed by atoms with van der Waals surface area (Å²) in [5.41, 5.74) is 0.994. The van der Waals surface area contributed by atoms with Crippen molar-refractivity contribution < 1.29 is 0 Å². The summed E-state index contributed by atoms with van der Waals surface area (Å²) in [6, 6.07) is 9.92. The fourth-order valence-electron chi connectivity index (χ4n) is 1.59. The first-order valence-electron chi connectivity index (χ1n) is 5.46. The summed E-state index contributed by atoms with van der Waals surface area (Å²) in [6.45, 7) is 0. The number of hydrogen-bond donors (Lipinski definition) is 0. The minimum atomic E-state index is 0.788. The second-order valence-electron chi connectivity index (χ2n) is 3.57. The molecule has 0 saturated carbocycles. The van der Waals surface area contributed by atoms with Crippen molar-refractivity contribution in [2.24, 2.45) is 0 Å². The highest BCUT2D eigenvalue weighted by molar-refractivity contribution is 7.10. The lowest BCUT2D eigenvalue weighted by molar-refractivity contribution is 0.869. The zero-order chi connectivity index (χ0) is 12.2. The third-order valence-electron chi connectivity index (χ3n) is 2.40. The second kappa shape index (κ2) is 4.93. The SMILES string of the molecule is C(=C\c1ncnn1-c1ccccc1)/c1nccs1. The first-order chi connectivity index (χ1) is 8.93. The smallest absolute Gasteiger partial charge is 0.156 e. The van der Waals surface area contributed by atoms with Crippen molar-refractivity contribution in [3.63, 3.8) is 0 Å². The van der Waals surface area contributed by atoms with Crippen LogP contribution in [-0.2, 0) is 0 Å². The van der Waals surface area contributed by atoms with Crippen molar-refractivity contribution in [3.8, 4) is 5.69 Å². The lowest BCUT2D eigenvalue weighted by atomic mass is 10.3. The Morgan fingerprint density at radius 2 is 1.94 bits per heavy atom. The molecule has 0 atom stereocenters. The molecule has 0 aliphatic carbocycles. The number of hydrogen-bond acceptors (Lipinski definition) is 4. The van der Waals surface area contributed by atoms with Crippen molar-refractivity contribution in [2.45, 2.75) is 0 Å². The van der Waals surface area contributed by atoms with Crippen molar-refractivity contribution in [3.05, 3.63) is 59.1 Å². The molecule has 1 aromatic carbocycles. The Bertz CT molecular complexity index is 641. The first kappa shape index (κ1) is 10.9. The lowest BCUT2D eigenvalue weighted by Crippen LogP contribution is -1.98. The number of rotatable bonds is 3. The predicted octanol–water partition coefficient (Wildman–Crippen LogP) is 2.89. The minimum Gasteiger partial charge on any atom is -0.245 e. The van der Waals surface area contributed by atoms with Gasteiger partial charge in [0.25, 0.3) is 0 Å². The van der Waals surface area contributed by atoms with Crippen LogP contribution in [0.5, 0.6) is 0 Å². The van der Waals surface area contributed by atoms with Gasteiger partial charge in [-0.1, -0.05) is 18.2 Å². The van der Waals surface area contributed by atoms with Crippen LogP contribution in [0, 0.1) is 0 Å². The Labute approximate surface area is 108 Å². The molecule has 5 heteroatoms. The molecule has 18 heavy (non-hydrogen) atoms. The van der Waals surface area contributed by atoms with E-state index in [1.54, 1.807) is 28.5 Å². The van der Waals surface area contributed by atoms with Crippen LogP contribution < -0.4 is 0 Å².